The van der Waals surface area contributed by atoms with Gasteiger partial charge in [0.15, 0.2) is 0 Å². The molecule has 0 radical (unpaired) electrons. The highest BCUT2D eigenvalue weighted by Crippen LogP contribution is 2.43. The summed E-state index contributed by atoms with van der Waals surface area (Å²) < 4.78 is 12.8. The molecule has 0 bridgehead atoms. The summed E-state index contributed by atoms with van der Waals surface area (Å²) in [7, 11) is 3.26. The first-order valence-corrected chi connectivity index (χ1v) is 7.07. The van der Waals surface area contributed by atoms with E-state index < -0.39 is 0 Å². The van der Waals surface area contributed by atoms with Gasteiger partial charge in [-0.2, -0.15) is 0 Å². The average Bonchev–Trinajstić information content (AvgIpc) is 2.84. The van der Waals surface area contributed by atoms with Crippen LogP contribution in [0.1, 0.15) is 31.5 Å². The van der Waals surface area contributed by atoms with Crippen molar-refractivity contribution in [3.63, 3.8) is 0 Å². The molecule has 0 saturated heterocycles. The van der Waals surface area contributed by atoms with Crippen LogP contribution in [0, 0.1) is 5.92 Å². The van der Waals surface area contributed by atoms with Gasteiger partial charge in [-0.25, -0.2) is 0 Å². The third kappa shape index (κ3) is 2.20. The molecule has 0 unspecified atom stereocenters. The predicted molar refractivity (Wildman–Crippen MR) is 80.0 cm³/mol. The number of hydrogen-bond donors (Lipinski definition) is 1. The van der Waals surface area contributed by atoms with E-state index in [0.717, 1.165) is 30.3 Å². The fourth-order valence-electron chi connectivity index (χ4n) is 2.97. The Morgan fingerprint density at radius 3 is 2.29 bits per heavy atom. The van der Waals surface area contributed by atoms with Crippen molar-refractivity contribution in [1.82, 2.24) is 14.8 Å². The van der Waals surface area contributed by atoms with Crippen LogP contribution in [0.25, 0.3) is 5.69 Å². The van der Waals surface area contributed by atoms with Crippen molar-refractivity contribution in [2.75, 3.05) is 20.0 Å². The fraction of sp³-hybridized carbons (Fsp3) is 0.467. The summed E-state index contributed by atoms with van der Waals surface area (Å²) in [5.74, 6) is 3.73. The first kappa shape index (κ1) is 13.7. The average molecular weight is 288 g/mol. The number of ether oxygens (including phenoxy) is 2. The molecule has 1 saturated carbocycles. The van der Waals surface area contributed by atoms with E-state index in [4.69, 9.17) is 15.2 Å². The topological polar surface area (TPSA) is 75.2 Å². The van der Waals surface area contributed by atoms with Crippen LogP contribution in [0.5, 0.6) is 11.5 Å². The molecule has 6 heteroatoms. The number of nitrogens with zero attached hydrogens (tertiary/aromatic N) is 3. The lowest BCUT2D eigenvalue weighted by atomic mass is 9.75. The van der Waals surface area contributed by atoms with Crippen LogP contribution in [-0.2, 0) is 0 Å². The fourth-order valence-corrected chi connectivity index (χ4v) is 2.97. The van der Waals surface area contributed by atoms with E-state index in [1.165, 1.54) is 0 Å². The van der Waals surface area contributed by atoms with Crippen LogP contribution in [0.4, 0.5) is 5.95 Å². The largest absolute Gasteiger partial charge is 0.494 e. The number of para-hydroxylation sites is 1. The van der Waals surface area contributed by atoms with Gasteiger partial charge in [0, 0.05) is 5.92 Å². The zero-order valence-corrected chi connectivity index (χ0v) is 12.5. The second-order valence-corrected chi connectivity index (χ2v) is 5.54. The molecule has 1 aliphatic carbocycles. The second-order valence-electron chi connectivity index (χ2n) is 5.54. The van der Waals surface area contributed by atoms with E-state index in [1.807, 2.05) is 22.8 Å². The maximum atomic E-state index is 6.05. The van der Waals surface area contributed by atoms with Crippen molar-refractivity contribution in [1.29, 1.82) is 0 Å². The van der Waals surface area contributed by atoms with Crippen LogP contribution in [0.3, 0.4) is 0 Å². The van der Waals surface area contributed by atoms with E-state index in [-0.39, 0.29) is 0 Å². The van der Waals surface area contributed by atoms with Gasteiger partial charge in [-0.15, -0.1) is 10.2 Å². The number of methoxy groups -OCH3 is 2. The number of nitrogen functional groups attached to an aromatic ring is 1. The van der Waals surface area contributed by atoms with Crippen molar-refractivity contribution in [2.45, 2.75) is 25.7 Å². The highest BCUT2D eigenvalue weighted by Gasteiger charge is 2.33. The number of hydrogen-bond acceptors (Lipinski definition) is 5. The van der Waals surface area contributed by atoms with Gasteiger partial charge in [-0.05, 0) is 30.9 Å². The van der Waals surface area contributed by atoms with Gasteiger partial charge in [0.05, 0.1) is 14.2 Å². The number of benzene rings is 1. The van der Waals surface area contributed by atoms with Crippen molar-refractivity contribution in [3.05, 3.63) is 24.0 Å². The molecule has 0 spiro atoms. The third-order valence-electron chi connectivity index (χ3n) is 4.08. The van der Waals surface area contributed by atoms with Gasteiger partial charge in [0.1, 0.15) is 23.0 Å². The van der Waals surface area contributed by atoms with Gasteiger partial charge in [0.25, 0.3) is 0 Å². The predicted octanol–water partition coefficient (Wildman–Crippen LogP) is 2.38. The molecule has 3 rings (SSSR count). The van der Waals surface area contributed by atoms with E-state index >= 15 is 0 Å². The Morgan fingerprint density at radius 1 is 1.14 bits per heavy atom. The van der Waals surface area contributed by atoms with Crippen LogP contribution >= 0.6 is 0 Å². The standard InChI is InChI=1S/C15H20N4O2/c1-9-7-10(8-9)14-17-18-15(16)19(14)13-11(20-2)5-4-6-12(13)21-3/h4-6,9-10H,7-8H2,1-3H3,(H2,16,18)/t9-,10-. The first-order valence-electron chi connectivity index (χ1n) is 7.07. The summed E-state index contributed by atoms with van der Waals surface area (Å²) in [6.07, 6.45) is 2.21. The van der Waals surface area contributed by atoms with Crippen molar-refractivity contribution in [3.8, 4) is 17.2 Å². The molecule has 1 aromatic heterocycles. The summed E-state index contributed by atoms with van der Waals surface area (Å²) >= 11 is 0. The Morgan fingerprint density at radius 2 is 1.76 bits per heavy atom. The molecule has 1 aromatic carbocycles. The molecule has 112 valence electrons. The highest BCUT2D eigenvalue weighted by molar-refractivity contribution is 5.60. The SMILES string of the molecule is COc1cccc(OC)c1-n1c(N)nnc1[C@H]1C[C@H](C)C1. The summed E-state index contributed by atoms with van der Waals surface area (Å²) in [6.45, 7) is 2.24. The second kappa shape index (κ2) is 5.27. The van der Waals surface area contributed by atoms with Crippen LogP contribution in [0.2, 0.25) is 0 Å². The molecule has 21 heavy (non-hydrogen) atoms. The molecule has 1 fully saturated rings. The summed E-state index contributed by atoms with van der Waals surface area (Å²) in [4.78, 5) is 0. The molecule has 0 atom stereocenters. The molecular formula is C15H20N4O2. The maximum absolute atomic E-state index is 6.05. The van der Waals surface area contributed by atoms with Gasteiger partial charge in [-0.1, -0.05) is 13.0 Å². The molecule has 6 nitrogen and oxygen atoms in total. The lowest BCUT2D eigenvalue weighted by Crippen LogP contribution is -2.23. The number of anilines is 1. The number of aromatic nitrogens is 3. The number of rotatable bonds is 4. The summed E-state index contributed by atoms with van der Waals surface area (Å²) in [6, 6.07) is 5.64. The molecule has 0 aliphatic heterocycles. The lowest BCUT2D eigenvalue weighted by molar-refractivity contribution is 0.275. The molecule has 2 N–H and O–H groups in total. The lowest BCUT2D eigenvalue weighted by Gasteiger charge is -2.32. The van der Waals surface area contributed by atoms with Crippen LogP contribution in [-0.4, -0.2) is 29.0 Å². The van der Waals surface area contributed by atoms with Crippen molar-refractivity contribution in [2.24, 2.45) is 5.92 Å². The molecular weight excluding hydrogens is 268 g/mol. The molecule has 2 aromatic rings. The quantitative estimate of drug-likeness (QED) is 0.935. The minimum Gasteiger partial charge on any atom is -0.494 e. The summed E-state index contributed by atoms with van der Waals surface area (Å²) in [5, 5.41) is 8.33. The van der Waals surface area contributed by atoms with Crippen LogP contribution in [0.15, 0.2) is 18.2 Å². The zero-order valence-electron chi connectivity index (χ0n) is 12.5. The Bertz CT molecular complexity index is 625. The monoisotopic (exact) mass is 288 g/mol. The molecule has 0 amide bonds. The Hall–Kier alpha value is -2.24. The third-order valence-corrected chi connectivity index (χ3v) is 4.08. The normalized spacial score (nSPS) is 20.9. The van der Waals surface area contributed by atoms with Crippen LogP contribution < -0.4 is 15.2 Å². The smallest absolute Gasteiger partial charge is 0.226 e. The van der Waals surface area contributed by atoms with Gasteiger partial charge in [0.2, 0.25) is 5.95 Å². The Kier molecular flexibility index (Phi) is 3.45. The Balaban J connectivity index is 2.14. The van der Waals surface area contributed by atoms with E-state index in [1.54, 1.807) is 14.2 Å². The molecule has 1 heterocycles. The maximum Gasteiger partial charge on any atom is 0.226 e. The highest BCUT2D eigenvalue weighted by atomic mass is 16.5. The minimum atomic E-state index is 0.354. The summed E-state index contributed by atoms with van der Waals surface area (Å²) in [5.41, 5.74) is 6.81. The number of nitrogens with two attached hydrogens (primary N) is 1. The van der Waals surface area contributed by atoms with E-state index in [2.05, 4.69) is 17.1 Å². The van der Waals surface area contributed by atoms with Gasteiger partial charge in [-0.3, -0.25) is 4.57 Å². The Labute approximate surface area is 123 Å². The van der Waals surface area contributed by atoms with Gasteiger partial charge < -0.3 is 15.2 Å². The van der Waals surface area contributed by atoms with Crippen molar-refractivity contribution >= 4 is 5.95 Å². The zero-order chi connectivity index (χ0) is 15.0. The molecule has 1 aliphatic rings. The minimum absolute atomic E-state index is 0.354. The van der Waals surface area contributed by atoms with Crippen molar-refractivity contribution < 1.29 is 9.47 Å². The first-order chi connectivity index (χ1) is 10.2. The van der Waals surface area contributed by atoms with Gasteiger partial charge >= 0.3 is 0 Å². The van der Waals surface area contributed by atoms with E-state index in [9.17, 15) is 0 Å². The van der Waals surface area contributed by atoms with E-state index in [0.29, 0.717) is 23.4 Å².